The highest BCUT2D eigenvalue weighted by Crippen LogP contribution is 2.26. The fraction of sp³-hybridized carbons (Fsp3) is 0.257. The first kappa shape index (κ1) is 32.8. The summed E-state index contributed by atoms with van der Waals surface area (Å²) >= 11 is 6.12. The SMILES string of the molecule is CCCCNC(=O)C(Cc1ccccc1)N(Cc1ccc(C)cc1)C(=O)CN(c1ccc(Cl)cc1)S(=O)(=O)c1ccccc1. The lowest BCUT2D eigenvalue weighted by atomic mass is 10.0. The van der Waals surface area contributed by atoms with Gasteiger partial charge in [0.2, 0.25) is 11.8 Å². The van der Waals surface area contributed by atoms with Crippen molar-refractivity contribution in [1.82, 2.24) is 10.2 Å². The number of hydrogen-bond acceptors (Lipinski definition) is 4. The van der Waals surface area contributed by atoms with Gasteiger partial charge in [0.25, 0.3) is 10.0 Å². The maximum absolute atomic E-state index is 14.4. The predicted octanol–water partition coefficient (Wildman–Crippen LogP) is 6.40. The topological polar surface area (TPSA) is 86.8 Å². The van der Waals surface area contributed by atoms with Gasteiger partial charge in [-0.05, 0) is 60.9 Å². The van der Waals surface area contributed by atoms with Crippen LogP contribution < -0.4 is 9.62 Å². The number of nitrogens with zero attached hydrogens (tertiary/aromatic N) is 2. The maximum atomic E-state index is 14.4. The number of hydrogen-bond donors (Lipinski definition) is 1. The minimum Gasteiger partial charge on any atom is -0.354 e. The minimum atomic E-state index is -4.15. The molecule has 0 aromatic heterocycles. The number of rotatable bonds is 14. The van der Waals surface area contributed by atoms with Gasteiger partial charge >= 0.3 is 0 Å². The third-order valence-electron chi connectivity index (χ3n) is 7.30. The van der Waals surface area contributed by atoms with Crippen LogP contribution in [0.4, 0.5) is 5.69 Å². The zero-order valence-corrected chi connectivity index (χ0v) is 26.6. The normalized spacial score (nSPS) is 11.9. The quantitative estimate of drug-likeness (QED) is 0.163. The van der Waals surface area contributed by atoms with E-state index in [1.165, 1.54) is 17.0 Å². The Morgan fingerprint density at radius 3 is 2.05 bits per heavy atom. The third-order valence-corrected chi connectivity index (χ3v) is 9.34. The number of benzene rings is 4. The van der Waals surface area contributed by atoms with E-state index in [1.54, 1.807) is 42.5 Å². The molecule has 0 bridgehead atoms. The van der Waals surface area contributed by atoms with Crippen LogP contribution in [0.15, 0.2) is 114 Å². The van der Waals surface area contributed by atoms with Gasteiger partial charge in [0.15, 0.2) is 0 Å². The molecule has 0 saturated heterocycles. The molecule has 0 spiro atoms. The lowest BCUT2D eigenvalue weighted by molar-refractivity contribution is -0.140. The van der Waals surface area contributed by atoms with Crippen LogP contribution in [0, 0.1) is 6.92 Å². The summed E-state index contributed by atoms with van der Waals surface area (Å²) in [6.07, 6.45) is 1.97. The molecule has 0 aliphatic carbocycles. The molecule has 1 atom stereocenters. The van der Waals surface area contributed by atoms with Crippen LogP contribution in [-0.2, 0) is 32.6 Å². The zero-order valence-electron chi connectivity index (χ0n) is 25.0. The van der Waals surface area contributed by atoms with Crippen molar-refractivity contribution in [3.05, 3.63) is 131 Å². The van der Waals surface area contributed by atoms with Gasteiger partial charge in [-0.1, -0.05) is 103 Å². The number of carbonyl (C=O) groups is 2. The zero-order chi connectivity index (χ0) is 31.5. The van der Waals surface area contributed by atoms with E-state index < -0.39 is 28.5 Å². The Labute approximate surface area is 265 Å². The highest BCUT2D eigenvalue weighted by Gasteiger charge is 2.34. The molecule has 44 heavy (non-hydrogen) atoms. The lowest BCUT2D eigenvalue weighted by Gasteiger charge is -2.34. The van der Waals surface area contributed by atoms with E-state index in [1.807, 2.05) is 68.4 Å². The Balaban J connectivity index is 1.77. The molecule has 9 heteroatoms. The average molecular weight is 632 g/mol. The fourth-order valence-corrected chi connectivity index (χ4v) is 6.37. The van der Waals surface area contributed by atoms with E-state index in [9.17, 15) is 18.0 Å². The molecule has 0 radical (unpaired) electrons. The second-order valence-electron chi connectivity index (χ2n) is 10.7. The second kappa shape index (κ2) is 15.5. The third kappa shape index (κ3) is 8.71. The number of carbonyl (C=O) groups excluding carboxylic acids is 2. The summed E-state index contributed by atoms with van der Waals surface area (Å²) in [7, 11) is -4.15. The van der Waals surface area contributed by atoms with Gasteiger partial charge in [-0.25, -0.2) is 8.42 Å². The summed E-state index contributed by atoms with van der Waals surface area (Å²) in [5, 5.41) is 3.44. The number of anilines is 1. The highest BCUT2D eigenvalue weighted by atomic mass is 35.5. The molecule has 7 nitrogen and oxygen atoms in total. The largest absolute Gasteiger partial charge is 0.354 e. The summed E-state index contributed by atoms with van der Waals surface area (Å²) < 4.78 is 29.0. The molecule has 0 fully saturated rings. The van der Waals surface area contributed by atoms with Crippen LogP contribution in [0.25, 0.3) is 0 Å². The summed E-state index contributed by atoms with van der Waals surface area (Å²) in [5.41, 5.74) is 3.06. The van der Waals surface area contributed by atoms with Crippen molar-refractivity contribution in [3.63, 3.8) is 0 Å². The van der Waals surface area contributed by atoms with E-state index in [-0.39, 0.29) is 29.5 Å². The number of amides is 2. The summed E-state index contributed by atoms with van der Waals surface area (Å²) in [4.78, 5) is 29.7. The molecule has 4 aromatic rings. The van der Waals surface area contributed by atoms with Crippen molar-refractivity contribution in [3.8, 4) is 0 Å². The van der Waals surface area contributed by atoms with Gasteiger partial charge in [0, 0.05) is 24.5 Å². The Morgan fingerprint density at radius 1 is 0.818 bits per heavy atom. The Hall–Kier alpha value is -4.14. The van der Waals surface area contributed by atoms with Crippen molar-refractivity contribution in [1.29, 1.82) is 0 Å². The Bertz CT molecular complexity index is 1610. The molecular formula is C35H38ClN3O4S. The number of nitrogens with one attached hydrogen (secondary N) is 1. The highest BCUT2D eigenvalue weighted by molar-refractivity contribution is 7.92. The van der Waals surface area contributed by atoms with Crippen molar-refractivity contribution in [2.45, 2.75) is 50.6 Å². The number of sulfonamides is 1. The van der Waals surface area contributed by atoms with Crippen molar-refractivity contribution in [2.75, 3.05) is 17.4 Å². The van der Waals surface area contributed by atoms with Crippen LogP contribution in [-0.4, -0.2) is 44.3 Å². The van der Waals surface area contributed by atoms with Gasteiger partial charge in [-0.2, -0.15) is 0 Å². The monoisotopic (exact) mass is 631 g/mol. The van der Waals surface area contributed by atoms with Crippen LogP contribution in [0.1, 0.15) is 36.5 Å². The molecule has 1 N–H and O–H groups in total. The summed E-state index contributed by atoms with van der Waals surface area (Å²) in [6.45, 7) is 4.10. The van der Waals surface area contributed by atoms with Gasteiger partial charge in [0.05, 0.1) is 10.6 Å². The van der Waals surface area contributed by atoms with Crippen molar-refractivity contribution in [2.24, 2.45) is 0 Å². The van der Waals surface area contributed by atoms with E-state index >= 15 is 0 Å². The fourth-order valence-electron chi connectivity index (χ4n) is 4.81. The van der Waals surface area contributed by atoms with Gasteiger partial charge in [-0.15, -0.1) is 0 Å². The number of aryl methyl sites for hydroxylation is 1. The second-order valence-corrected chi connectivity index (χ2v) is 13.0. The summed E-state index contributed by atoms with van der Waals surface area (Å²) in [6, 6.07) is 30.7. The molecule has 4 aromatic carbocycles. The van der Waals surface area contributed by atoms with Crippen LogP contribution >= 0.6 is 11.6 Å². The van der Waals surface area contributed by atoms with Gasteiger partial charge in [0.1, 0.15) is 12.6 Å². The minimum absolute atomic E-state index is 0.0472. The first-order valence-electron chi connectivity index (χ1n) is 14.7. The van der Waals surface area contributed by atoms with Crippen molar-refractivity contribution < 1.29 is 18.0 Å². The maximum Gasteiger partial charge on any atom is 0.264 e. The molecule has 230 valence electrons. The molecule has 0 aliphatic rings. The standard InChI is InChI=1S/C35H38ClN3O4S/c1-3-4-23-37-35(41)33(24-28-11-7-5-8-12-28)38(25-29-17-15-27(2)16-18-29)34(40)26-39(31-21-19-30(36)20-22-31)44(42,43)32-13-9-6-10-14-32/h5-22,33H,3-4,23-26H2,1-2H3,(H,37,41). The number of unbranched alkanes of at least 4 members (excludes halogenated alkanes) is 1. The van der Waals surface area contributed by atoms with Crippen LogP contribution in [0.3, 0.4) is 0 Å². The molecule has 1 unspecified atom stereocenters. The summed E-state index contributed by atoms with van der Waals surface area (Å²) in [5.74, 6) is -0.793. The lowest BCUT2D eigenvalue weighted by Crippen LogP contribution is -2.53. The Morgan fingerprint density at radius 2 is 1.43 bits per heavy atom. The smallest absolute Gasteiger partial charge is 0.264 e. The van der Waals surface area contributed by atoms with E-state index in [2.05, 4.69) is 5.32 Å². The van der Waals surface area contributed by atoms with Crippen LogP contribution in [0.5, 0.6) is 0 Å². The molecule has 0 heterocycles. The molecule has 2 amide bonds. The van der Waals surface area contributed by atoms with E-state index in [4.69, 9.17) is 11.6 Å². The van der Waals surface area contributed by atoms with Gasteiger partial charge < -0.3 is 10.2 Å². The molecule has 4 rings (SSSR count). The Kier molecular flexibility index (Phi) is 11.6. The first-order chi connectivity index (χ1) is 21.2. The predicted molar refractivity (Wildman–Crippen MR) is 176 cm³/mol. The number of halogens is 1. The average Bonchev–Trinajstić information content (AvgIpc) is 3.03. The molecule has 0 saturated carbocycles. The first-order valence-corrected chi connectivity index (χ1v) is 16.5. The van der Waals surface area contributed by atoms with E-state index in [0.29, 0.717) is 11.6 Å². The van der Waals surface area contributed by atoms with Crippen LogP contribution in [0.2, 0.25) is 5.02 Å². The molecule has 0 aliphatic heterocycles. The van der Waals surface area contributed by atoms with E-state index in [0.717, 1.165) is 33.8 Å². The van der Waals surface area contributed by atoms with Crippen molar-refractivity contribution >= 4 is 39.1 Å². The van der Waals surface area contributed by atoms with Gasteiger partial charge in [-0.3, -0.25) is 13.9 Å². The molecular weight excluding hydrogens is 594 g/mol.